The maximum Gasteiger partial charge on any atom is 0.0869 e. The minimum atomic E-state index is -0.624. The number of nitrogens with one attached hydrogen (secondary N) is 1. The Balaban J connectivity index is 2.37. The highest BCUT2D eigenvalue weighted by Crippen LogP contribution is 2.18. The summed E-state index contributed by atoms with van der Waals surface area (Å²) in [5.41, 5.74) is -0.624. The maximum atomic E-state index is 10.3. The van der Waals surface area contributed by atoms with Crippen molar-refractivity contribution in [3.8, 4) is 0 Å². The van der Waals surface area contributed by atoms with Crippen molar-refractivity contribution in [3.05, 3.63) is 0 Å². The van der Waals surface area contributed by atoms with E-state index in [2.05, 4.69) is 31.0 Å². The summed E-state index contributed by atoms with van der Waals surface area (Å²) >= 11 is 2.01. The van der Waals surface area contributed by atoms with Gasteiger partial charge in [-0.1, -0.05) is 13.8 Å². The molecule has 0 saturated carbocycles. The van der Waals surface area contributed by atoms with Gasteiger partial charge in [-0.05, 0) is 13.8 Å². The van der Waals surface area contributed by atoms with E-state index in [1.54, 1.807) is 0 Å². The van der Waals surface area contributed by atoms with Crippen LogP contribution < -0.4 is 5.32 Å². The monoisotopic (exact) mass is 246 g/mol. The highest BCUT2D eigenvalue weighted by atomic mass is 32.2. The molecule has 0 amide bonds. The van der Waals surface area contributed by atoms with Crippen LogP contribution in [0.4, 0.5) is 0 Å². The van der Waals surface area contributed by atoms with Crippen molar-refractivity contribution >= 4 is 11.8 Å². The summed E-state index contributed by atoms with van der Waals surface area (Å²) < 4.78 is 0. The molecule has 1 rings (SSSR count). The van der Waals surface area contributed by atoms with Gasteiger partial charge >= 0.3 is 0 Å². The van der Waals surface area contributed by atoms with Gasteiger partial charge in [0.25, 0.3) is 0 Å². The predicted octanol–water partition coefficient (Wildman–Crippen LogP) is 1.17. The van der Waals surface area contributed by atoms with E-state index in [1.807, 2.05) is 18.7 Å². The number of hydrogen-bond acceptors (Lipinski definition) is 4. The molecule has 0 aliphatic carbocycles. The fraction of sp³-hybridized carbons (Fsp3) is 1.00. The third-order valence-electron chi connectivity index (χ3n) is 2.94. The molecule has 0 aromatic rings. The van der Waals surface area contributed by atoms with Crippen molar-refractivity contribution in [3.63, 3.8) is 0 Å². The van der Waals surface area contributed by atoms with Crippen molar-refractivity contribution in [2.24, 2.45) is 0 Å². The van der Waals surface area contributed by atoms with E-state index in [0.717, 1.165) is 13.1 Å². The van der Waals surface area contributed by atoms with Crippen LogP contribution >= 0.6 is 11.8 Å². The van der Waals surface area contributed by atoms with Gasteiger partial charge in [0, 0.05) is 43.2 Å². The molecule has 2 unspecified atom stereocenters. The first-order chi connectivity index (χ1) is 7.41. The standard InChI is InChI=1S/C12H26N2OS/c1-10(2)13-8-12(4,15)9-14-5-6-16-7-11(14)3/h10-11,13,15H,5-9H2,1-4H3. The molecule has 2 N–H and O–H groups in total. The molecule has 1 heterocycles. The first kappa shape index (κ1) is 14.3. The van der Waals surface area contributed by atoms with Gasteiger partial charge in [0.2, 0.25) is 0 Å². The minimum absolute atomic E-state index is 0.431. The third kappa shape index (κ3) is 5.04. The van der Waals surface area contributed by atoms with Gasteiger partial charge in [0.15, 0.2) is 0 Å². The summed E-state index contributed by atoms with van der Waals surface area (Å²) in [6.07, 6.45) is 0. The van der Waals surface area contributed by atoms with Crippen LogP contribution in [0.1, 0.15) is 27.7 Å². The van der Waals surface area contributed by atoms with E-state index < -0.39 is 5.60 Å². The minimum Gasteiger partial charge on any atom is -0.388 e. The van der Waals surface area contributed by atoms with Gasteiger partial charge in [0.1, 0.15) is 0 Å². The number of thioether (sulfide) groups is 1. The summed E-state index contributed by atoms with van der Waals surface area (Å²) in [5.74, 6) is 2.38. The molecule has 0 bridgehead atoms. The molecule has 3 nitrogen and oxygen atoms in total. The Morgan fingerprint density at radius 1 is 1.56 bits per heavy atom. The first-order valence-electron chi connectivity index (χ1n) is 6.18. The second-order valence-corrected chi connectivity index (χ2v) is 6.58. The molecule has 1 aliphatic heterocycles. The topological polar surface area (TPSA) is 35.5 Å². The van der Waals surface area contributed by atoms with Gasteiger partial charge in [0.05, 0.1) is 5.60 Å². The zero-order valence-corrected chi connectivity index (χ0v) is 11.8. The SMILES string of the molecule is CC(C)NCC(C)(O)CN1CCSCC1C. The molecule has 96 valence electrons. The molecular formula is C12H26N2OS. The molecule has 0 aromatic carbocycles. The second kappa shape index (κ2) is 6.24. The van der Waals surface area contributed by atoms with Crippen molar-refractivity contribution in [2.45, 2.75) is 45.4 Å². The lowest BCUT2D eigenvalue weighted by Gasteiger charge is -2.38. The zero-order valence-electron chi connectivity index (χ0n) is 11.0. The van der Waals surface area contributed by atoms with E-state index >= 15 is 0 Å². The number of nitrogens with zero attached hydrogens (tertiary/aromatic N) is 1. The van der Waals surface area contributed by atoms with E-state index in [9.17, 15) is 5.11 Å². The van der Waals surface area contributed by atoms with Crippen LogP contribution in [0.15, 0.2) is 0 Å². The molecule has 16 heavy (non-hydrogen) atoms. The van der Waals surface area contributed by atoms with Crippen LogP contribution in [0.3, 0.4) is 0 Å². The van der Waals surface area contributed by atoms with Crippen LogP contribution in [0, 0.1) is 0 Å². The molecule has 1 saturated heterocycles. The number of hydrogen-bond donors (Lipinski definition) is 2. The lowest BCUT2D eigenvalue weighted by Crippen LogP contribution is -2.53. The van der Waals surface area contributed by atoms with Crippen LogP contribution in [0.25, 0.3) is 0 Å². The molecule has 0 radical (unpaired) electrons. The van der Waals surface area contributed by atoms with Gasteiger partial charge in [-0.25, -0.2) is 0 Å². The van der Waals surface area contributed by atoms with Gasteiger partial charge in [-0.15, -0.1) is 0 Å². The third-order valence-corrected chi connectivity index (χ3v) is 4.13. The van der Waals surface area contributed by atoms with Gasteiger partial charge in [-0.2, -0.15) is 11.8 Å². The summed E-state index contributed by atoms with van der Waals surface area (Å²) in [6, 6.07) is 1.02. The average molecular weight is 246 g/mol. The Morgan fingerprint density at radius 3 is 2.81 bits per heavy atom. The van der Waals surface area contributed by atoms with Crippen LogP contribution in [0.5, 0.6) is 0 Å². The molecular weight excluding hydrogens is 220 g/mol. The predicted molar refractivity (Wildman–Crippen MR) is 72.1 cm³/mol. The van der Waals surface area contributed by atoms with Crippen LogP contribution in [-0.4, -0.2) is 58.8 Å². The molecule has 0 spiro atoms. The Kier molecular flexibility index (Phi) is 5.57. The van der Waals surface area contributed by atoms with Crippen molar-refractivity contribution in [1.29, 1.82) is 0 Å². The molecule has 1 fully saturated rings. The maximum absolute atomic E-state index is 10.3. The Morgan fingerprint density at radius 2 is 2.25 bits per heavy atom. The number of aliphatic hydroxyl groups is 1. The highest BCUT2D eigenvalue weighted by molar-refractivity contribution is 7.99. The lowest BCUT2D eigenvalue weighted by molar-refractivity contribution is 0.0112. The Bertz CT molecular complexity index is 209. The molecule has 0 aromatic heterocycles. The van der Waals surface area contributed by atoms with Crippen molar-refractivity contribution < 1.29 is 5.11 Å². The lowest BCUT2D eigenvalue weighted by atomic mass is 10.1. The number of rotatable bonds is 5. The molecule has 2 atom stereocenters. The largest absolute Gasteiger partial charge is 0.388 e. The quantitative estimate of drug-likeness (QED) is 0.763. The highest BCUT2D eigenvalue weighted by Gasteiger charge is 2.28. The van der Waals surface area contributed by atoms with Crippen LogP contribution in [0.2, 0.25) is 0 Å². The van der Waals surface area contributed by atoms with E-state index in [-0.39, 0.29) is 0 Å². The first-order valence-corrected chi connectivity index (χ1v) is 7.34. The smallest absolute Gasteiger partial charge is 0.0869 e. The summed E-state index contributed by atoms with van der Waals surface area (Å²) in [4.78, 5) is 2.40. The van der Waals surface area contributed by atoms with Crippen molar-refractivity contribution in [1.82, 2.24) is 10.2 Å². The average Bonchev–Trinajstić information content (AvgIpc) is 2.19. The zero-order chi connectivity index (χ0) is 12.2. The summed E-state index contributed by atoms with van der Waals surface area (Å²) in [6.45, 7) is 10.9. The normalized spacial score (nSPS) is 27.0. The molecule has 1 aliphatic rings. The fourth-order valence-electron chi connectivity index (χ4n) is 1.91. The van der Waals surface area contributed by atoms with E-state index in [1.165, 1.54) is 11.5 Å². The molecule has 4 heteroatoms. The fourth-order valence-corrected chi connectivity index (χ4v) is 3.00. The Hall–Kier alpha value is 0.230. The second-order valence-electron chi connectivity index (χ2n) is 5.43. The Labute approximate surface area is 104 Å². The van der Waals surface area contributed by atoms with E-state index in [0.29, 0.717) is 18.6 Å². The summed E-state index contributed by atoms with van der Waals surface area (Å²) in [5, 5.41) is 13.6. The number of β-amino-alcohol motifs (C(OH)–C–C–N with tert-alkyl or cyclic N) is 1. The van der Waals surface area contributed by atoms with Crippen molar-refractivity contribution in [2.75, 3.05) is 31.1 Å². The van der Waals surface area contributed by atoms with E-state index in [4.69, 9.17) is 0 Å². The van der Waals surface area contributed by atoms with Gasteiger partial charge < -0.3 is 10.4 Å². The van der Waals surface area contributed by atoms with Crippen LogP contribution in [-0.2, 0) is 0 Å². The summed E-state index contributed by atoms with van der Waals surface area (Å²) in [7, 11) is 0. The van der Waals surface area contributed by atoms with Gasteiger partial charge in [-0.3, -0.25) is 4.90 Å².